The molecule has 0 unspecified atom stereocenters. The van der Waals surface area contributed by atoms with Gasteiger partial charge in [-0.3, -0.25) is 4.90 Å². The molecule has 1 rings (SSSR count). The van der Waals surface area contributed by atoms with E-state index in [2.05, 4.69) is 15.9 Å². The average molecular weight is 308 g/mol. The summed E-state index contributed by atoms with van der Waals surface area (Å²) in [6.07, 6.45) is -2.38. The third-order valence-corrected chi connectivity index (χ3v) is 2.93. The Labute approximate surface area is 106 Å². The van der Waals surface area contributed by atoms with Gasteiger partial charge in [-0.2, -0.15) is 0 Å². The molecule has 0 saturated carbocycles. The third kappa shape index (κ3) is 4.40. The van der Waals surface area contributed by atoms with Crippen molar-refractivity contribution in [2.45, 2.75) is 13.0 Å². The standard InChI is InChI=1S/C11H12BrF2NO2/c1-15(6-10(13)14)5-8-3-2-7(11(16)17)4-9(8)12/h2-4,10H,5-6H2,1H3,(H,16,17). The van der Waals surface area contributed by atoms with Gasteiger partial charge in [0.15, 0.2) is 0 Å². The van der Waals surface area contributed by atoms with E-state index in [0.717, 1.165) is 5.56 Å². The van der Waals surface area contributed by atoms with Crippen molar-refractivity contribution >= 4 is 21.9 Å². The highest BCUT2D eigenvalue weighted by atomic mass is 79.9. The van der Waals surface area contributed by atoms with E-state index in [-0.39, 0.29) is 12.1 Å². The molecule has 0 saturated heterocycles. The summed E-state index contributed by atoms with van der Waals surface area (Å²) in [5.74, 6) is -1.02. The van der Waals surface area contributed by atoms with Crippen molar-refractivity contribution in [3.8, 4) is 0 Å². The molecule has 0 aliphatic carbocycles. The Kier molecular flexibility index (Phi) is 5.02. The number of halogens is 3. The summed E-state index contributed by atoms with van der Waals surface area (Å²) in [6.45, 7) is 0.0257. The van der Waals surface area contributed by atoms with Gasteiger partial charge in [-0.25, -0.2) is 13.6 Å². The molecule has 0 bridgehead atoms. The maximum absolute atomic E-state index is 12.1. The minimum absolute atomic E-state index is 0.164. The molecule has 0 atom stereocenters. The van der Waals surface area contributed by atoms with Gasteiger partial charge in [0.1, 0.15) is 0 Å². The Morgan fingerprint density at radius 1 is 1.53 bits per heavy atom. The first-order valence-corrected chi connectivity index (χ1v) is 5.68. The Hall–Kier alpha value is -1.01. The second kappa shape index (κ2) is 6.07. The van der Waals surface area contributed by atoms with Gasteiger partial charge in [0.2, 0.25) is 0 Å². The lowest BCUT2D eigenvalue weighted by Gasteiger charge is -2.17. The summed E-state index contributed by atoms with van der Waals surface area (Å²) in [5, 5.41) is 8.77. The van der Waals surface area contributed by atoms with Crippen LogP contribution in [0.4, 0.5) is 8.78 Å². The SMILES string of the molecule is CN(Cc1ccc(C(=O)O)cc1Br)CC(F)F. The molecule has 6 heteroatoms. The number of carboxylic acid groups (broad SMARTS) is 1. The quantitative estimate of drug-likeness (QED) is 0.909. The van der Waals surface area contributed by atoms with Gasteiger partial charge in [0, 0.05) is 11.0 Å². The minimum Gasteiger partial charge on any atom is -0.478 e. The lowest BCUT2D eigenvalue weighted by atomic mass is 10.1. The predicted molar refractivity (Wildman–Crippen MR) is 63.4 cm³/mol. The third-order valence-electron chi connectivity index (χ3n) is 2.19. The number of aromatic carboxylic acids is 1. The van der Waals surface area contributed by atoms with E-state index < -0.39 is 12.4 Å². The van der Waals surface area contributed by atoms with Crippen LogP contribution in [0.1, 0.15) is 15.9 Å². The number of alkyl halides is 2. The van der Waals surface area contributed by atoms with Gasteiger partial charge in [-0.05, 0) is 24.7 Å². The molecule has 3 nitrogen and oxygen atoms in total. The van der Waals surface area contributed by atoms with E-state index in [1.54, 1.807) is 13.1 Å². The number of carbonyl (C=O) groups is 1. The normalized spacial score (nSPS) is 11.2. The molecule has 0 aliphatic heterocycles. The van der Waals surface area contributed by atoms with Crippen LogP contribution >= 0.6 is 15.9 Å². The zero-order valence-corrected chi connectivity index (χ0v) is 10.7. The van der Waals surface area contributed by atoms with Crippen LogP contribution in [-0.2, 0) is 6.54 Å². The first-order valence-electron chi connectivity index (χ1n) is 4.88. The minimum atomic E-state index is -2.38. The summed E-state index contributed by atoms with van der Waals surface area (Å²) in [6, 6.07) is 4.54. The maximum atomic E-state index is 12.1. The van der Waals surface area contributed by atoms with Crippen molar-refractivity contribution < 1.29 is 18.7 Å². The number of benzene rings is 1. The fourth-order valence-corrected chi connectivity index (χ4v) is 1.90. The van der Waals surface area contributed by atoms with Crippen molar-refractivity contribution in [3.05, 3.63) is 33.8 Å². The van der Waals surface area contributed by atoms with E-state index in [0.29, 0.717) is 11.0 Å². The zero-order valence-electron chi connectivity index (χ0n) is 9.16. The molecule has 0 aliphatic rings. The van der Waals surface area contributed by atoms with Crippen molar-refractivity contribution in [2.24, 2.45) is 0 Å². The van der Waals surface area contributed by atoms with Crippen LogP contribution in [0.15, 0.2) is 22.7 Å². The number of nitrogens with zero attached hydrogens (tertiary/aromatic N) is 1. The van der Waals surface area contributed by atoms with Gasteiger partial charge >= 0.3 is 5.97 Å². The number of hydrogen-bond acceptors (Lipinski definition) is 2. The van der Waals surface area contributed by atoms with E-state index >= 15 is 0 Å². The van der Waals surface area contributed by atoms with Crippen LogP contribution in [0.2, 0.25) is 0 Å². The number of carboxylic acids is 1. The van der Waals surface area contributed by atoms with Crippen LogP contribution in [0.3, 0.4) is 0 Å². The van der Waals surface area contributed by atoms with Gasteiger partial charge in [0.05, 0.1) is 12.1 Å². The lowest BCUT2D eigenvalue weighted by molar-refractivity contribution is 0.0696. The summed E-state index contributed by atoms with van der Waals surface area (Å²) in [5.41, 5.74) is 0.940. The van der Waals surface area contributed by atoms with Crippen LogP contribution in [0, 0.1) is 0 Å². The molecule has 1 aromatic carbocycles. The molecule has 0 radical (unpaired) electrons. The van der Waals surface area contributed by atoms with Crippen molar-refractivity contribution in [1.29, 1.82) is 0 Å². The van der Waals surface area contributed by atoms with Gasteiger partial charge in [-0.1, -0.05) is 22.0 Å². The smallest absolute Gasteiger partial charge is 0.335 e. The van der Waals surface area contributed by atoms with Gasteiger partial charge in [-0.15, -0.1) is 0 Å². The summed E-state index contributed by atoms with van der Waals surface area (Å²) in [7, 11) is 1.59. The van der Waals surface area contributed by atoms with E-state index in [9.17, 15) is 13.6 Å². The highest BCUT2D eigenvalue weighted by Gasteiger charge is 2.11. The molecule has 0 amide bonds. The summed E-state index contributed by atoms with van der Waals surface area (Å²) < 4.78 is 24.9. The van der Waals surface area contributed by atoms with Crippen molar-refractivity contribution in [2.75, 3.05) is 13.6 Å². The number of hydrogen-bond donors (Lipinski definition) is 1. The summed E-state index contributed by atoms with van der Waals surface area (Å²) in [4.78, 5) is 12.2. The van der Waals surface area contributed by atoms with Crippen LogP contribution in [0.25, 0.3) is 0 Å². The Bertz CT molecular complexity index is 412. The Morgan fingerprint density at radius 2 is 2.18 bits per heavy atom. The molecular weight excluding hydrogens is 296 g/mol. The highest BCUT2D eigenvalue weighted by Crippen LogP contribution is 2.20. The topological polar surface area (TPSA) is 40.5 Å². The number of rotatable bonds is 5. The molecule has 1 aromatic rings. The fraction of sp³-hybridized carbons (Fsp3) is 0.364. The molecular formula is C11H12BrF2NO2. The average Bonchev–Trinajstić information content (AvgIpc) is 2.19. The summed E-state index contributed by atoms with van der Waals surface area (Å²) >= 11 is 3.23. The van der Waals surface area contributed by atoms with E-state index in [1.165, 1.54) is 17.0 Å². The Balaban J connectivity index is 2.75. The van der Waals surface area contributed by atoms with E-state index in [1.807, 2.05) is 0 Å². The van der Waals surface area contributed by atoms with Crippen molar-refractivity contribution in [3.63, 3.8) is 0 Å². The lowest BCUT2D eigenvalue weighted by Crippen LogP contribution is -2.24. The predicted octanol–water partition coefficient (Wildman–Crippen LogP) is 2.84. The second-order valence-corrected chi connectivity index (χ2v) is 4.55. The van der Waals surface area contributed by atoms with E-state index in [4.69, 9.17) is 5.11 Å². The molecule has 0 heterocycles. The van der Waals surface area contributed by atoms with Crippen LogP contribution in [0.5, 0.6) is 0 Å². The monoisotopic (exact) mass is 307 g/mol. The van der Waals surface area contributed by atoms with Gasteiger partial charge in [0.25, 0.3) is 6.43 Å². The van der Waals surface area contributed by atoms with Crippen LogP contribution in [-0.4, -0.2) is 36.0 Å². The first kappa shape index (κ1) is 14.1. The highest BCUT2D eigenvalue weighted by molar-refractivity contribution is 9.10. The van der Waals surface area contributed by atoms with Crippen molar-refractivity contribution in [1.82, 2.24) is 4.90 Å². The van der Waals surface area contributed by atoms with Crippen LogP contribution < -0.4 is 0 Å². The molecule has 94 valence electrons. The maximum Gasteiger partial charge on any atom is 0.335 e. The Morgan fingerprint density at radius 3 is 2.65 bits per heavy atom. The van der Waals surface area contributed by atoms with Gasteiger partial charge < -0.3 is 5.11 Å². The molecule has 1 N–H and O–H groups in total. The molecule has 17 heavy (non-hydrogen) atoms. The fourth-order valence-electron chi connectivity index (χ4n) is 1.40. The molecule has 0 aromatic heterocycles. The molecule has 0 spiro atoms. The molecule has 0 fully saturated rings. The zero-order chi connectivity index (χ0) is 13.0. The largest absolute Gasteiger partial charge is 0.478 e. The second-order valence-electron chi connectivity index (χ2n) is 3.70. The first-order chi connectivity index (χ1) is 7.90.